The highest BCUT2D eigenvalue weighted by Gasteiger charge is 2.29. The van der Waals surface area contributed by atoms with Gasteiger partial charge in [0.1, 0.15) is 4.90 Å². The maximum absolute atomic E-state index is 12.0. The van der Waals surface area contributed by atoms with Crippen LogP contribution in [0.4, 0.5) is 5.69 Å². The van der Waals surface area contributed by atoms with E-state index in [2.05, 4.69) is 5.32 Å². The Bertz CT molecular complexity index is 508. The number of hydrogen-bond donors (Lipinski definition) is 1. The van der Waals surface area contributed by atoms with Gasteiger partial charge in [-0.25, -0.2) is 8.42 Å². The monoisotopic (exact) mass is 226 g/mol. The maximum Gasteiger partial charge on any atom is 0.246 e. The third-order valence-electron chi connectivity index (χ3n) is 2.86. The number of aryl methyl sites for hydroxylation is 1. The van der Waals surface area contributed by atoms with Crippen molar-refractivity contribution in [3.63, 3.8) is 0 Å². The van der Waals surface area contributed by atoms with Crippen LogP contribution in [0.1, 0.15) is 11.1 Å². The van der Waals surface area contributed by atoms with E-state index >= 15 is 0 Å². The van der Waals surface area contributed by atoms with Crippen LogP contribution in [-0.4, -0.2) is 26.4 Å². The molecule has 1 heterocycles. The van der Waals surface area contributed by atoms with E-state index in [0.717, 1.165) is 16.8 Å². The van der Waals surface area contributed by atoms with E-state index in [4.69, 9.17) is 0 Å². The molecule has 4 nitrogen and oxygen atoms in total. The average molecular weight is 226 g/mol. The van der Waals surface area contributed by atoms with Gasteiger partial charge in [-0.1, -0.05) is 6.07 Å². The Morgan fingerprint density at radius 2 is 2.00 bits per heavy atom. The normalized spacial score (nSPS) is 19.4. The summed E-state index contributed by atoms with van der Waals surface area (Å²) < 4.78 is 25.2. The van der Waals surface area contributed by atoms with Crippen LogP contribution in [0, 0.1) is 13.8 Å². The van der Waals surface area contributed by atoms with E-state index in [-0.39, 0.29) is 0 Å². The number of fused-ring (bicyclic) bond motifs is 1. The van der Waals surface area contributed by atoms with Crippen molar-refractivity contribution < 1.29 is 8.42 Å². The van der Waals surface area contributed by atoms with Gasteiger partial charge in [0.2, 0.25) is 10.0 Å². The number of nitrogens with one attached hydrogen (secondary N) is 1. The minimum atomic E-state index is -3.29. The zero-order valence-electron chi connectivity index (χ0n) is 9.03. The van der Waals surface area contributed by atoms with Crippen LogP contribution >= 0.6 is 0 Å². The van der Waals surface area contributed by atoms with Crippen molar-refractivity contribution in [1.82, 2.24) is 4.31 Å². The molecule has 1 aromatic carbocycles. The number of benzene rings is 1. The maximum atomic E-state index is 12.0. The average Bonchev–Trinajstić information content (AvgIpc) is 2.17. The topological polar surface area (TPSA) is 49.4 Å². The van der Waals surface area contributed by atoms with Crippen molar-refractivity contribution in [2.75, 3.05) is 19.0 Å². The van der Waals surface area contributed by atoms with Crippen molar-refractivity contribution in [3.8, 4) is 0 Å². The molecule has 0 saturated heterocycles. The molecule has 1 N–H and O–H groups in total. The molecule has 15 heavy (non-hydrogen) atoms. The zero-order valence-corrected chi connectivity index (χ0v) is 9.85. The summed E-state index contributed by atoms with van der Waals surface area (Å²) in [5, 5.41) is 3.12. The first-order chi connectivity index (χ1) is 6.94. The van der Waals surface area contributed by atoms with Crippen LogP contribution in [0.5, 0.6) is 0 Å². The fourth-order valence-electron chi connectivity index (χ4n) is 1.67. The van der Waals surface area contributed by atoms with E-state index in [1.165, 1.54) is 4.31 Å². The fraction of sp³-hybridized carbons (Fsp3) is 0.400. The van der Waals surface area contributed by atoms with Crippen LogP contribution in [0.15, 0.2) is 17.0 Å². The second-order valence-corrected chi connectivity index (χ2v) is 5.83. The summed E-state index contributed by atoms with van der Waals surface area (Å²) in [5.41, 5.74) is 2.85. The summed E-state index contributed by atoms with van der Waals surface area (Å²) >= 11 is 0. The van der Waals surface area contributed by atoms with Crippen molar-refractivity contribution in [2.45, 2.75) is 18.7 Å². The van der Waals surface area contributed by atoms with Gasteiger partial charge in [-0.15, -0.1) is 0 Å². The lowest BCUT2D eigenvalue weighted by atomic mass is 10.1. The van der Waals surface area contributed by atoms with Gasteiger partial charge in [0.25, 0.3) is 0 Å². The van der Waals surface area contributed by atoms with Crippen molar-refractivity contribution >= 4 is 15.7 Å². The second kappa shape index (κ2) is 3.21. The van der Waals surface area contributed by atoms with Gasteiger partial charge in [-0.05, 0) is 31.0 Å². The summed E-state index contributed by atoms with van der Waals surface area (Å²) in [6.45, 7) is 4.24. The van der Waals surface area contributed by atoms with Crippen LogP contribution in [0.2, 0.25) is 0 Å². The highest BCUT2D eigenvalue weighted by Crippen LogP contribution is 2.32. The number of nitrogens with zero attached hydrogens (tertiary/aromatic N) is 1. The molecule has 0 fully saturated rings. The summed E-state index contributed by atoms with van der Waals surface area (Å²) in [6.07, 6.45) is 0. The summed E-state index contributed by atoms with van der Waals surface area (Å²) in [5.74, 6) is 0. The molecule has 0 radical (unpaired) electrons. The lowest BCUT2D eigenvalue weighted by molar-refractivity contribution is 0.482. The van der Waals surface area contributed by atoms with Gasteiger partial charge in [0, 0.05) is 7.05 Å². The Labute approximate surface area is 90.0 Å². The minimum Gasteiger partial charge on any atom is -0.370 e. The SMILES string of the molecule is Cc1ccc2c(c1C)NCN(C)S2(=O)=O. The smallest absolute Gasteiger partial charge is 0.246 e. The summed E-state index contributed by atoms with van der Waals surface area (Å²) in [7, 11) is -1.72. The molecule has 0 aromatic heterocycles. The van der Waals surface area contributed by atoms with E-state index in [0.29, 0.717) is 11.6 Å². The summed E-state index contributed by atoms with van der Waals surface area (Å²) in [6, 6.07) is 3.50. The third kappa shape index (κ3) is 1.42. The molecule has 2 rings (SSSR count). The standard InChI is InChI=1S/C10H14N2O2S/c1-7-4-5-9-10(8(7)2)11-6-12(3)15(9,13)14/h4-5,11H,6H2,1-3H3. The van der Waals surface area contributed by atoms with Gasteiger partial charge in [0.15, 0.2) is 0 Å². The Morgan fingerprint density at radius 1 is 1.33 bits per heavy atom. The molecule has 5 heteroatoms. The molecule has 0 aliphatic carbocycles. The van der Waals surface area contributed by atoms with Gasteiger partial charge in [-0.2, -0.15) is 4.31 Å². The molecule has 0 unspecified atom stereocenters. The van der Waals surface area contributed by atoms with Gasteiger partial charge >= 0.3 is 0 Å². The molecular formula is C10H14N2O2S. The largest absolute Gasteiger partial charge is 0.370 e. The Kier molecular flexibility index (Phi) is 2.24. The number of hydrogen-bond acceptors (Lipinski definition) is 3. The number of anilines is 1. The lowest BCUT2D eigenvalue weighted by Gasteiger charge is -2.27. The third-order valence-corrected chi connectivity index (χ3v) is 4.71. The van der Waals surface area contributed by atoms with Crippen molar-refractivity contribution in [1.29, 1.82) is 0 Å². The first kappa shape index (κ1) is 10.4. The quantitative estimate of drug-likeness (QED) is 0.725. The fourth-order valence-corrected chi connectivity index (χ4v) is 2.96. The molecule has 0 bridgehead atoms. The first-order valence-corrected chi connectivity index (χ1v) is 6.19. The van der Waals surface area contributed by atoms with E-state index in [9.17, 15) is 8.42 Å². The molecule has 1 aliphatic rings. The second-order valence-electron chi connectivity index (χ2n) is 3.82. The number of rotatable bonds is 0. The van der Waals surface area contributed by atoms with E-state index in [1.807, 2.05) is 19.9 Å². The molecule has 1 aliphatic heterocycles. The highest BCUT2D eigenvalue weighted by molar-refractivity contribution is 7.89. The Morgan fingerprint density at radius 3 is 2.67 bits per heavy atom. The molecular weight excluding hydrogens is 212 g/mol. The molecule has 1 aromatic rings. The van der Waals surface area contributed by atoms with E-state index < -0.39 is 10.0 Å². The predicted molar refractivity (Wildman–Crippen MR) is 59.4 cm³/mol. The van der Waals surface area contributed by atoms with Crippen molar-refractivity contribution in [3.05, 3.63) is 23.3 Å². The molecule has 0 saturated carbocycles. The van der Waals surface area contributed by atoms with Gasteiger partial charge < -0.3 is 5.32 Å². The first-order valence-electron chi connectivity index (χ1n) is 4.75. The van der Waals surface area contributed by atoms with E-state index in [1.54, 1.807) is 13.1 Å². The van der Waals surface area contributed by atoms with Gasteiger partial charge in [0.05, 0.1) is 12.4 Å². The van der Waals surface area contributed by atoms with Crippen LogP contribution in [0.3, 0.4) is 0 Å². The molecule has 0 amide bonds. The van der Waals surface area contributed by atoms with Crippen LogP contribution in [0.25, 0.3) is 0 Å². The zero-order chi connectivity index (χ0) is 11.2. The predicted octanol–water partition coefficient (Wildman–Crippen LogP) is 1.31. The number of sulfonamides is 1. The Hall–Kier alpha value is -1.07. The Balaban J connectivity index is 2.74. The minimum absolute atomic E-state index is 0.333. The van der Waals surface area contributed by atoms with Crippen LogP contribution in [-0.2, 0) is 10.0 Å². The molecule has 0 atom stereocenters. The summed E-state index contributed by atoms with van der Waals surface area (Å²) in [4.78, 5) is 0.374. The lowest BCUT2D eigenvalue weighted by Crippen LogP contribution is -2.37. The van der Waals surface area contributed by atoms with Crippen LogP contribution < -0.4 is 5.32 Å². The van der Waals surface area contributed by atoms with Crippen molar-refractivity contribution in [2.24, 2.45) is 0 Å². The highest BCUT2D eigenvalue weighted by atomic mass is 32.2. The molecule has 82 valence electrons. The molecule has 0 spiro atoms. The van der Waals surface area contributed by atoms with Gasteiger partial charge in [-0.3, -0.25) is 0 Å².